The summed E-state index contributed by atoms with van der Waals surface area (Å²) in [5.41, 5.74) is 5.76. The first kappa shape index (κ1) is 14.4. The first-order chi connectivity index (χ1) is 8.61. The van der Waals surface area contributed by atoms with Crippen LogP contribution in [0, 0.1) is 0 Å². The predicted molar refractivity (Wildman–Crippen MR) is 63.6 cm³/mol. The molecule has 100 valence electrons. The minimum atomic E-state index is -0.0475. The van der Waals surface area contributed by atoms with Gasteiger partial charge in [-0.25, -0.2) is 0 Å². The lowest BCUT2D eigenvalue weighted by molar-refractivity contribution is -0.121. The van der Waals surface area contributed by atoms with E-state index in [1.807, 2.05) is 6.92 Å². The van der Waals surface area contributed by atoms with Gasteiger partial charge in [-0.3, -0.25) is 9.59 Å². The van der Waals surface area contributed by atoms with Crippen molar-refractivity contribution < 1.29 is 23.8 Å². The normalized spacial score (nSPS) is 19.4. The van der Waals surface area contributed by atoms with Gasteiger partial charge in [-0.15, -0.1) is 0 Å². The van der Waals surface area contributed by atoms with Gasteiger partial charge in [0.05, 0.1) is 13.2 Å². The molecule has 0 saturated heterocycles. The summed E-state index contributed by atoms with van der Waals surface area (Å²) >= 11 is 0. The average Bonchev–Trinajstić information content (AvgIpc) is 2.30. The molecule has 2 heterocycles. The molecule has 0 aromatic heterocycles. The molecule has 0 bridgehead atoms. The smallest absolute Gasteiger partial charge is 0.184 e. The zero-order chi connectivity index (χ0) is 13.4. The van der Waals surface area contributed by atoms with Crippen LogP contribution in [0.15, 0.2) is 23.6 Å². The topological polar surface area (TPSA) is 87.9 Å². The van der Waals surface area contributed by atoms with Crippen LogP contribution in [0.1, 0.15) is 6.92 Å². The third-order valence-corrected chi connectivity index (χ3v) is 2.00. The predicted octanol–water partition coefficient (Wildman–Crippen LogP) is -0.0656. The van der Waals surface area contributed by atoms with E-state index in [-0.39, 0.29) is 24.8 Å². The summed E-state index contributed by atoms with van der Waals surface area (Å²) in [6.07, 6.45) is 2.90. The van der Waals surface area contributed by atoms with Crippen molar-refractivity contribution in [2.45, 2.75) is 6.92 Å². The second-order valence-corrected chi connectivity index (χ2v) is 3.68. The molecule has 0 unspecified atom stereocenters. The highest BCUT2D eigenvalue weighted by Crippen LogP contribution is 2.03. The maximum atomic E-state index is 10.7. The summed E-state index contributed by atoms with van der Waals surface area (Å²) in [4.78, 5) is 21.1. The first-order valence-electron chi connectivity index (χ1n) is 5.62. The van der Waals surface area contributed by atoms with Crippen molar-refractivity contribution in [1.29, 1.82) is 0 Å². The van der Waals surface area contributed by atoms with Crippen molar-refractivity contribution in [3.8, 4) is 0 Å². The Morgan fingerprint density at radius 2 is 1.72 bits per heavy atom. The fourth-order valence-corrected chi connectivity index (χ4v) is 1.34. The number of hydrogen-bond donors (Lipinski definition) is 1. The quantitative estimate of drug-likeness (QED) is 0.743. The summed E-state index contributed by atoms with van der Waals surface area (Å²) < 4.78 is 14.7. The van der Waals surface area contributed by atoms with E-state index in [0.717, 1.165) is 0 Å². The molecular weight excluding hydrogens is 238 g/mol. The Morgan fingerprint density at radius 3 is 2.17 bits per heavy atom. The summed E-state index contributed by atoms with van der Waals surface area (Å²) in [5, 5.41) is 0. The number of carbonyl (C=O) groups excluding carboxylic acids is 2. The fraction of sp³-hybridized carbons (Fsp3) is 0.500. The second kappa shape index (κ2) is 7.62. The second-order valence-electron chi connectivity index (χ2n) is 3.68. The van der Waals surface area contributed by atoms with Gasteiger partial charge in [0.2, 0.25) is 0 Å². The number of ketones is 2. The third kappa shape index (κ3) is 5.60. The molecule has 6 nitrogen and oxygen atoms in total. The molecule has 0 spiro atoms. The van der Waals surface area contributed by atoms with Crippen molar-refractivity contribution in [3.05, 3.63) is 23.6 Å². The van der Waals surface area contributed by atoms with Crippen LogP contribution in [0.3, 0.4) is 0 Å². The van der Waals surface area contributed by atoms with Crippen LogP contribution in [0.25, 0.3) is 0 Å². The molecule has 0 fully saturated rings. The van der Waals surface area contributed by atoms with Crippen LogP contribution >= 0.6 is 0 Å². The molecule has 2 rings (SSSR count). The minimum Gasteiger partial charge on any atom is -0.496 e. The van der Waals surface area contributed by atoms with Gasteiger partial charge in [-0.05, 0) is 6.92 Å². The molecule has 0 saturated carbocycles. The molecule has 0 atom stereocenters. The van der Waals surface area contributed by atoms with Gasteiger partial charge in [0.15, 0.2) is 11.6 Å². The van der Waals surface area contributed by atoms with Crippen LogP contribution in [0.2, 0.25) is 0 Å². The van der Waals surface area contributed by atoms with Gasteiger partial charge < -0.3 is 19.9 Å². The molecule has 0 aliphatic carbocycles. The summed E-state index contributed by atoms with van der Waals surface area (Å²) in [7, 11) is 0. The molecular formula is C12H17NO5. The zero-order valence-electron chi connectivity index (χ0n) is 10.3. The number of hydrogen-bond acceptors (Lipinski definition) is 6. The van der Waals surface area contributed by atoms with Crippen molar-refractivity contribution in [2.75, 3.05) is 33.0 Å². The Labute approximate surface area is 105 Å². The van der Waals surface area contributed by atoms with Gasteiger partial charge in [-0.2, -0.15) is 0 Å². The van der Waals surface area contributed by atoms with E-state index in [1.54, 1.807) is 0 Å². The molecule has 2 aliphatic heterocycles. The third-order valence-electron chi connectivity index (χ3n) is 2.00. The van der Waals surface area contributed by atoms with Gasteiger partial charge in [-0.1, -0.05) is 0 Å². The number of ether oxygens (including phenoxy) is 3. The van der Waals surface area contributed by atoms with Crippen molar-refractivity contribution >= 4 is 11.6 Å². The number of rotatable bonds is 2. The maximum absolute atomic E-state index is 10.7. The highest BCUT2D eigenvalue weighted by Gasteiger charge is 2.09. The molecule has 18 heavy (non-hydrogen) atoms. The molecule has 0 amide bonds. The Kier molecular flexibility index (Phi) is 6.10. The van der Waals surface area contributed by atoms with Gasteiger partial charge in [0, 0.05) is 17.8 Å². The van der Waals surface area contributed by atoms with Crippen LogP contribution in [0.5, 0.6) is 0 Å². The van der Waals surface area contributed by atoms with Gasteiger partial charge >= 0.3 is 0 Å². The van der Waals surface area contributed by atoms with E-state index in [4.69, 9.17) is 19.9 Å². The van der Waals surface area contributed by atoms with Gasteiger partial charge in [0.25, 0.3) is 0 Å². The Morgan fingerprint density at radius 1 is 1.11 bits per heavy atom. The SMILES string of the molecule is CCOC1=CC(=O)COC1.NC1=CC(=O)COC1. The van der Waals surface area contributed by atoms with Crippen molar-refractivity contribution in [1.82, 2.24) is 0 Å². The Hall–Kier alpha value is -1.66. The fourth-order valence-electron chi connectivity index (χ4n) is 1.34. The number of nitrogens with two attached hydrogens (primary N) is 1. The van der Waals surface area contributed by atoms with E-state index in [9.17, 15) is 9.59 Å². The monoisotopic (exact) mass is 255 g/mol. The standard InChI is InChI=1S/C7H10O3.C5H7NO2/c1-2-10-7-3-6(8)4-9-5-7;6-4-1-5(7)3-8-2-4/h3H,2,4-5H2,1H3;1H,2-3,6H2. The maximum Gasteiger partial charge on any atom is 0.184 e. The Bertz CT molecular complexity index is 373. The van der Waals surface area contributed by atoms with Crippen LogP contribution in [-0.4, -0.2) is 44.6 Å². The van der Waals surface area contributed by atoms with Crippen LogP contribution in [0.4, 0.5) is 0 Å². The summed E-state index contributed by atoms with van der Waals surface area (Å²) in [6, 6.07) is 0. The van der Waals surface area contributed by atoms with E-state index >= 15 is 0 Å². The number of carbonyl (C=O) groups is 2. The molecule has 2 aliphatic rings. The van der Waals surface area contributed by atoms with Crippen LogP contribution in [-0.2, 0) is 23.8 Å². The first-order valence-corrected chi connectivity index (χ1v) is 5.62. The van der Waals surface area contributed by atoms with E-state index in [2.05, 4.69) is 0 Å². The van der Waals surface area contributed by atoms with E-state index in [1.165, 1.54) is 12.2 Å². The molecule has 0 aromatic rings. The summed E-state index contributed by atoms with van der Waals surface area (Å²) in [5.74, 6) is 0.571. The largest absolute Gasteiger partial charge is 0.496 e. The lowest BCUT2D eigenvalue weighted by Crippen LogP contribution is -2.19. The van der Waals surface area contributed by atoms with E-state index in [0.29, 0.717) is 31.3 Å². The van der Waals surface area contributed by atoms with E-state index < -0.39 is 0 Å². The van der Waals surface area contributed by atoms with Crippen molar-refractivity contribution in [2.24, 2.45) is 5.73 Å². The van der Waals surface area contributed by atoms with Gasteiger partial charge in [0.1, 0.15) is 25.6 Å². The van der Waals surface area contributed by atoms with Crippen LogP contribution < -0.4 is 5.73 Å². The molecule has 0 aromatic carbocycles. The highest BCUT2D eigenvalue weighted by molar-refractivity contribution is 5.92. The zero-order valence-corrected chi connectivity index (χ0v) is 10.3. The lowest BCUT2D eigenvalue weighted by atomic mass is 10.3. The molecule has 6 heteroatoms. The Balaban J connectivity index is 0.000000184. The molecule has 0 radical (unpaired) electrons. The average molecular weight is 255 g/mol. The summed E-state index contributed by atoms with van der Waals surface area (Å²) in [6.45, 7) is 3.66. The van der Waals surface area contributed by atoms with Crippen molar-refractivity contribution in [3.63, 3.8) is 0 Å². The minimum absolute atomic E-state index is 0.0188. The lowest BCUT2D eigenvalue weighted by Gasteiger charge is -2.12. The molecule has 2 N–H and O–H groups in total. The highest BCUT2D eigenvalue weighted by atomic mass is 16.5.